The van der Waals surface area contributed by atoms with Crippen LogP contribution in [0.1, 0.15) is 12.8 Å². The van der Waals surface area contributed by atoms with E-state index in [1.54, 1.807) is 23.1 Å². The van der Waals surface area contributed by atoms with Crippen molar-refractivity contribution in [1.29, 1.82) is 0 Å². The van der Waals surface area contributed by atoms with Gasteiger partial charge in [-0.2, -0.15) is 0 Å². The largest absolute Gasteiger partial charge is 0.454 e. The number of anilines is 2. The monoisotopic (exact) mass is 324 g/mol. The maximum atomic E-state index is 12.7. The molecule has 1 atom stereocenters. The van der Waals surface area contributed by atoms with Crippen LogP contribution in [-0.2, 0) is 9.59 Å². The van der Waals surface area contributed by atoms with Crippen LogP contribution in [-0.4, -0.2) is 24.6 Å². The van der Waals surface area contributed by atoms with Crippen molar-refractivity contribution in [2.75, 3.05) is 17.0 Å². The molecule has 2 aromatic rings. The van der Waals surface area contributed by atoms with Gasteiger partial charge in [0, 0.05) is 23.9 Å². The zero-order valence-corrected chi connectivity index (χ0v) is 12.9. The SMILES string of the molecule is O=C(Nc1ccc2c(c1)OCO2)C1CCC(=O)N1c1ccccc1. The van der Waals surface area contributed by atoms with E-state index in [0.29, 0.717) is 30.0 Å². The molecule has 0 aliphatic carbocycles. The Hall–Kier alpha value is -3.02. The number of para-hydroxylation sites is 1. The molecule has 24 heavy (non-hydrogen) atoms. The molecule has 2 aliphatic heterocycles. The Morgan fingerprint density at radius 3 is 2.71 bits per heavy atom. The number of rotatable bonds is 3. The van der Waals surface area contributed by atoms with E-state index in [9.17, 15) is 9.59 Å². The Morgan fingerprint density at radius 1 is 1.08 bits per heavy atom. The van der Waals surface area contributed by atoms with Crippen LogP contribution in [0, 0.1) is 0 Å². The Balaban J connectivity index is 1.54. The van der Waals surface area contributed by atoms with Gasteiger partial charge >= 0.3 is 0 Å². The number of ether oxygens (including phenoxy) is 2. The molecular weight excluding hydrogens is 308 g/mol. The first-order chi connectivity index (χ1) is 11.7. The van der Waals surface area contributed by atoms with Gasteiger partial charge in [0.05, 0.1) is 0 Å². The lowest BCUT2D eigenvalue weighted by Gasteiger charge is -2.24. The van der Waals surface area contributed by atoms with Crippen LogP contribution in [0.4, 0.5) is 11.4 Å². The van der Waals surface area contributed by atoms with Crippen LogP contribution in [0.2, 0.25) is 0 Å². The van der Waals surface area contributed by atoms with Gasteiger partial charge in [-0.1, -0.05) is 18.2 Å². The van der Waals surface area contributed by atoms with Gasteiger partial charge in [0.1, 0.15) is 6.04 Å². The summed E-state index contributed by atoms with van der Waals surface area (Å²) in [4.78, 5) is 26.4. The van der Waals surface area contributed by atoms with E-state index in [1.165, 1.54) is 0 Å². The summed E-state index contributed by atoms with van der Waals surface area (Å²) in [5.74, 6) is 1.03. The molecule has 0 saturated carbocycles. The minimum absolute atomic E-state index is 0.0352. The van der Waals surface area contributed by atoms with Gasteiger partial charge in [0.2, 0.25) is 18.6 Å². The highest BCUT2D eigenvalue weighted by Crippen LogP contribution is 2.34. The van der Waals surface area contributed by atoms with Crippen LogP contribution in [0.15, 0.2) is 48.5 Å². The zero-order valence-electron chi connectivity index (χ0n) is 12.9. The third-order valence-corrected chi connectivity index (χ3v) is 4.19. The minimum atomic E-state index is -0.509. The van der Waals surface area contributed by atoms with Gasteiger partial charge in [-0.15, -0.1) is 0 Å². The highest BCUT2D eigenvalue weighted by Gasteiger charge is 2.37. The van der Waals surface area contributed by atoms with Gasteiger partial charge in [-0.3, -0.25) is 14.5 Å². The number of hydrogen-bond acceptors (Lipinski definition) is 4. The first-order valence-corrected chi connectivity index (χ1v) is 7.80. The maximum Gasteiger partial charge on any atom is 0.247 e. The molecule has 6 heteroatoms. The number of carbonyl (C=O) groups is 2. The Morgan fingerprint density at radius 2 is 1.88 bits per heavy atom. The van der Waals surface area contributed by atoms with Crippen molar-refractivity contribution < 1.29 is 19.1 Å². The summed E-state index contributed by atoms with van der Waals surface area (Å²) < 4.78 is 10.6. The van der Waals surface area contributed by atoms with E-state index in [-0.39, 0.29) is 18.6 Å². The molecule has 1 saturated heterocycles. The lowest BCUT2D eigenvalue weighted by Crippen LogP contribution is -2.41. The van der Waals surface area contributed by atoms with Crippen LogP contribution < -0.4 is 19.7 Å². The minimum Gasteiger partial charge on any atom is -0.454 e. The summed E-state index contributed by atoms with van der Waals surface area (Å²) in [6.45, 7) is 0.186. The van der Waals surface area contributed by atoms with Crippen molar-refractivity contribution in [3.8, 4) is 11.5 Å². The number of nitrogens with zero attached hydrogens (tertiary/aromatic N) is 1. The highest BCUT2D eigenvalue weighted by atomic mass is 16.7. The molecule has 0 aromatic heterocycles. The zero-order chi connectivity index (χ0) is 16.5. The topological polar surface area (TPSA) is 67.9 Å². The van der Waals surface area contributed by atoms with E-state index >= 15 is 0 Å². The Kier molecular flexibility index (Phi) is 3.57. The third kappa shape index (κ3) is 2.56. The lowest BCUT2D eigenvalue weighted by molar-refractivity contribution is -0.120. The summed E-state index contributed by atoms with van der Waals surface area (Å²) in [7, 11) is 0. The predicted molar refractivity (Wildman–Crippen MR) is 88.1 cm³/mol. The van der Waals surface area contributed by atoms with Gasteiger partial charge < -0.3 is 14.8 Å². The van der Waals surface area contributed by atoms with Crippen LogP contribution in [0.3, 0.4) is 0 Å². The number of fused-ring (bicyclic) bond motifs is 1. The van der Waals surface area contributed by atoms with Gasteiger partial charge in [-0.05, 0) is 30.7 Å². The second-order valence-corrected chi connectivity index (χ2v) is 5.71. The second kappa shape index (κ2) is 5.88. The fourth-order valence-corrected chi connectivity index (χ4v) is 3.04. The first kappa shape index (κ1) is 14.6. The van der Waals surface area contributed by atoms with E-state index in [4.69, 9.17) is 9.47 Å². The third-order valence-electron chi connectivity index (χ3n) is 4.19. The molecule has 1 unspecified atom stereocenters. The molecule has 6 nitrogen and oxygen atoms in total. The van der Waals surface area contributed by atoms with Crippen molar-refractivity contribution >= 4 is 23.2 Å². The van der Waals surface area contributed by atoms with Crippen molar-refractivity contribution in [3.63, 3.8) is 0 Å². The Bertz CT molecular complexity index is 791. The average molecular weight is 324 g/mol. The van der Waals surface area contributed by atoms with Crippen LogP contribution in [0.25, 0.3) is 0 Å². The molecule has 122 valence electrons. The van der Waals surface area contributed by atoms with Gasteiger partial charge in [0.25, 0.3) is 0 Å². The molecule has 0 spiro atoms. The molecule has 1 N–H and O–H groups in total. The molecule has 1 fully saturated rings. The van der Waals surface area contributed by atoms with Crippen LogP contribution in [0.5, 0.6) is 11.5 Å². The average Bonchev–Trinajstić information content (AvgIpc) is 3.21. The molecule has 4 rings (SSSR count). The number of carbonyl (C=O) groups excluding carboxylic acids is 2. The number of benzene rings is 2. The highest BCUT2D eigenvalue weighted by molar-refractivity contribution is 6.07. The summed E-state index contributed by atoms with van der Waals surface area (Å²) in [5.41, 5.74) is 1.36. The summed E-state index contributed by atoms with van der Waals surface area (Å²) in [6, 6.07) is 14.0. The molecule has 0 radical (unpaired) electrons. The predicted octanol–water partition coefficient (Wildman–Crippen LogP) is 2.55. The van der Waals surface area contributed by atoms with E-state index in [0.717, 1.165) is 5.69 Å². The molecule has 2 amide bonds. The quantitative estimate of drug-likeness (QED) is 0.942. The first-order valence-electron chi connectivity index (χ1n) is 7.80. The van der Waals surface area contributed by atoms with E-state index in [2.05, 4.69) is 5.32 Å². The van der Waals surface area contributed by atoms with Crippen molar-refractivity contribution in [1.82, 2.24) is 0 Å². The summed E-state index contributed by atoms with van der Waals surface area (Å²) in [6.07, 6.45) is 0.873. The molecule has 0 bridgehead atoms. The molecular formula is C18H16N2O4. The Labute approximate surface area is 139 Å². The number of hydrogen-bond donors (Lipinski definition) is 1. The fourth-order valence-electron chi connectivity index (χ4n) is 3.04. The second-order valence-electron chi connectivity index (χ2n) is 5.71. The van der Waals surface area contributed by atoms with Crippen molar-refractivity contribution in [3.05, 3.63) is 48.5 Å². The lowest BCUT2D eigenvalue weighted by atomic mass is 10.2. The summed E-state index contributed by atoms with van der Waals surface area (Å²) >= 11 is 0. The number of amides is 2. The van der Waals surface area contributed by atoms with Crippen LogP contribution >= 0.6 is 0 Å². The standard InChI is InChI=1S/C18H16N2O4/c21-17-9-7-14(20(17)13-4-2-1-3-5-13)18(22)19-12-6-8-15-16(10-12)24-11-23-15/h1-6,8,10,14H,7,9,11H2,(H,19,22). The maximum absolute atomic E-state index is 12.7. The van der Waals surface area contributed by atoms with E-state index < -0.39 is 6.04 Å². The van der Waals surface area contributed by atoms with Gasteiger partial charge in [-0.25, -0.2) is 0 Å². The number of nitrogens with one attached hydrogen (secondary N) is 1. The normalized spacial score (nSPS) is 18.8. The van der Waals surface area contributed by atoms with E-state index in [1.807, 2.05) is 30.3 Å². The van der Waals surface area contributed by atoms with Gasteiger partial charge in [0.15, 0.2) is 11.5 Å². The molecule has 2 aliphatic rings. The van der Waals surface area contributed by atoms with Crippen molar-refractivity contribution in [2.45, 2.75) is 18.9 Å². The molecule has 2 heterocycles. The molecule has 2 aromatic carbocycles. The summed E-state index contributed by atoms with van der Waals surface area (Å²) in [5, 5.41) is 2.87. The van der Waals surface area contributed by atoms with Crippen molar-refractivity contribution in [2.24, 2.45) is 0 Å². The smallest absolute Gasteiger partial charge is 0.247 e. The fraction of sp³-hybridized carbons (Fsp3) is 0.222.